The number of carboxylic acids is 1. The molecule has 0 heterocycles. The van der Waals surface area contributed by atoms with Crippen molar-refractivity contribution in [2.75, 3.05) is 28.4 Å². The number of methoxy groups -OCH3 is 4. The molecule has 2 aromatic carbocycles. The van der Waals surface area contributed by atoms with Gasteiger partial charge in [0.2, 0.25) is 5.75 Å². The van der Waals surface area contributed by atoms with Crippen LogP contribution in [-0.4, -0.2) is 44.6 Å². The van der Waals surface area contributed by atoms with E-state index in [1.807, 2.05) is 6.92 Å². The number of benzene rings is 2. The van der Waals surface area contributed by atoms with Crippen LogP contribution in [0.4, 0.5) is 0 Å². The van der Waals surface area contributed by atoms with Crippen LogP contribution in [0.3, 0.4) is 0 Å². The van der Waals surface area contributed by atoms with Gasteiger partial charge in [-0.25, -0.2) is 4.79 Å². The first-order valence-electron chi connectivity index (χ1n) is 9.55. The Morgan fingerprint density at radius 3 is 2.00 bits per heavy atom. The smallest absolute Gasteiger partial charge is 0.340 e. The summed E-state index contributed by atoms with van der Waals surface area (Å²) in [5.74, 6) is 0.257. The SMILES string of the molecule is C=C(C)CCc1c(OC)cc(/C=C/c2cc(OC)c(OC)c(OC)c2)c(C(=O)O)c1O. The minimum atomic E-state index is -1.23. The molecule has 0 spiro atoms. The summed E-state index contributed by atoms with van der Waals surface area (Å²) in [6.07, 6.45) is 4.30. The van der Waals surface area contributed by atoms with Gasteiger partial charge in [-0.05, 0) is 49.1 Å². The fourth-order valence-electron chi connectivity index (χ4n) is 3.21. The lowest BCUT2D eigenvalue weighted by atomic mass is 9.96. The Morgan fingerprint density at radius 2 is 1.55 bits per heavy atom. The first-order chi connectivity index (χ1) is 14.8. The van der Waals surface area contributed by atoms with E-state index in [9.17, 15) is 15.0 Å². The fourth-order valence-corrected chi connectivity index (χ4v) is 3.21. The standard InChI is InChI=1S/C24H28O7/c1-14(2)7-10-17-18(28-3)13-16(21(22(17)25)24(26)27)9-8-15-11-19(29-4)23(31-6)20(12-15)30-5/h8-9,11-13,25H,1,7,10H2,2-6H3,(H,26,27)/b9-8+. The molecule has 0 amide bonds. The molecule has 0 radical (unpaired) electrons. The Hall–Kier alpha value is -3.61. The van der Waals surface area contributed by atoms with E-state index in [-0.39, 0.29) is 11.3 Å². The molecule has 0 unspecified atom stereocenters. The molecule has 7 nitrogen and oxygen atoms in total. The molecule has 0 saturated carbocycles. The molecular weight excluding hydrogens is 400 g/mol. The molecule has 166 valence electrons. The van der Waals surface area contributed by atoms with Crippen molar-refractivity contribution < 1.29 is 34.0 Å². The zero-order valence-corrected chi connectivity index (χ0v) is 18.4. The van der Waals surface area contributed by atoms with Crippen LogP contribution in [0.15, 0.2) is 30.4 Å². The van der Waals surface area contributed by atoms with Crippen LogP contribution in [0.2, 0.25) is 0 Å². The topological polar surface area (TPSA) is 94.5 Å². The summed E-state index contributed by atoms with van der Waals surface area (Å²) in [5.41, 5.74) is 2.16. The molecule has 0 fully saturated rings. The van der Waals surface area contributed by atoms with Crippen molar-refractivity contribution >= 4 is 18.1 Å². The van der Waals surface area contributed by atoms with Gasteiger partial charge in [-0.1, -0.05) is 17.7 Å². The summed E-state index contributed by atoms with van der Waals surface area (Å²) in [6.45, 7) is 5.73. The van der Waals surface area contributed by atoms with E-state index < -0.39 is 5.97 Å². The Labute approximate surface area is 182 Å². The van der Waals surface area contributed by atoms with E-state index in [1.54, 1.807) is 30.4 Å². The zero-order chi connectivity index (χ0) is 23.1. The van der Waals surface area contributed by atoms with Crippen LogP contribution in [0.5, 0.6) is 28.7 Å². The van der Waals surface area contributed by atoms with Crippen molar-refractivity contribution in [3.63, 3.8) is 0 Å². The summed E-state index contributed by atoms with van der Waals surface area (Å²) < 4.78 is 21.4. The number of carboxylic acid groups (broad SMARTS) is 1. The van der Waals surface area contributed by atoms with E-state index in [0.29, 0.717) is 52.5 Å². The van der Waals surface area contributed by atoms with Gasteiger partial charge in [-0.15, -0.1) is 6.58 Å². The van der Waals surface area contributed by atoms with Crippen LogP contribution < -0.4 is 18.9 Å². The molecule has 7 heteroatoms. The van der Waals surface area contributed by atoms with Gasteiger partial charge in [-0.3, -0.25) is 0 Å². The second-order valence-corrected chi connectivity index (χ2v) is 6.92. The number of hydrogen-bond acceptors (Lipinski definition) is 6. The lowest BCUT2D eigenvalue weighted by molar-refractivity contribution is 0.0693. The third-order valence-corrected chi connectivity index (χ3v) is 4.77. The quantitative estimate of drug-likeness (QED) is 0.414. The Balaban J connectivity index is 2.58. The molecule has 0 aliphatic rings. The predicted molar refractivity (Wildman–Crippen MR) is 120 cm³/mol. The van der Waals surface area contributed by atoms with Gasteiger partial charge in [0.05, 0.1) is 28.4 Å². The molecule has 31 heavy (non-hydrogen) atoms. The van der Waals surface area contributed by atoms with E-state index in [2.05, 4.69) is 6.58 Å². The monoisotopic (exact) mass is 428 g/mol. The number of aromatic carboxylic acids is 1. The van der Waals surface area contributed by atoms with Crippen molar-refractivity contribution in [1.29, 1.82) is 0 Å². The number of phenols is 1. The molecule has 0 aromatic heterocycles. The lowest BCUT2D eigenvalue weighted by Crippen LogP contribution is -2.05. The van der Waals surface area contributed by atoms with E-state index in [1.165, 1.54) is 28.4 Å². The van der Waals surface area contributed by atoms with Crippen LogP contribution in [-0.2, 0) is 6.42 Å². The second kappa shape index (κ2) is 10.4. The van der Waals surface area contributed by atoms with E-state index >= 15 is 0 Å². The maximum absolute atomic E-state index is 11.9. The van der Waals surface area contributed by atoms with Crippen LogP contribution in [0, 0.1) is 0 Å². The van der Waals surface area contributed by atoms with E-state index in [4.69, 9.17) is 18.9 Å². The summed E-state index contributed by atoms with van der Waals surface area (Å²) in [6, 6.07) is 5.07. The van der Waals surface area contributed by atoms with Crippen molar-refractivity contribution in [3.05, 3.63) is 52.6 Å². The molecule has 2 N–H and O–H groups in total. The maximum Gasteiger partial charge on any atom is 0.340 e. The number of ether oxygens (including phenoxy) is 4. The fraction of sp³-hybridized carbons (Fsp3) is 0.292. The Kier molecular flexibility index (Phi) is 7.96. The Bertz CT molecular complexity index is 980. The van der Waals surface area contributed by atoms with Gasteiger partial charge in [0.15, 0.2) is 11.5 Å². The summed E-state index contributed by atoms with van der Waals surface area (Å²) in [4.78, 5) is 11.9. The van der Waals surface area contributed by atoms with Gasteiger partial charge in [0.25, 0.3) is 0 Å². The van der Waals surface area contributed by atoms with Gasteiger partial charge < -0.3 is 29.2 Å². The first-order valence-corrected chi connectivity index (χ1v) is 9.55. The highest BCUT2D eigenvalue weighted by atomic mass is 16.5. The molecule has 2 rings (SSSR count). The third kappa shape index (κ3) is 5.31. The predicted octanol–water partition coefficient (Wildman–Crippen LogP) is 4.80. The molecule has 0 bridgehead atoms. The first kappa shape index (κ1) is 23.7. The minimum Gasteiger partial charge on any atom is -0.507 e. The van der Waals surface area contributed by atoms with Gasteiger partial charge in [-0.2, -0.15) is 0 Å². The van der Waals surface area contributed by atoms with Gasteiger partial charge >= 0.3 is 5.97 Å². The number of aromatic hydroxyl groups is 1. The minimum absolute atomic E-state index is 0.193. The average Bonchev–Trinajstić information content (AvgIpc) is 2.74. The number of hydrogen-bond donors (Lipinski definition) is 2. The average molecular weight is 428 g/mol. The highest BCUT2D eigenvalue weighted by molar-refractivity contribution is 5.97. The van der Waals surface area contributed by atoms with E-state index in [0.717, 1.165) is 5.57 Å². The highest BCUT2D eigenvalue weighted by Gasteiger charge is 2.22. The zero-order valence-electron chi connectivity index (χ0n) is 18.4. The summed E-state index contributed by atoms with van der Waals surface area (Å²) >= 11 is 0. The van der Waals surface area contributed by atoms with Crippen molar-refractivity contribution in [2.24, 2.45) is 0 Å². The number of rotatable bonds is 10. The van der Waals surface area contributed by atoms with Crippen molar-refractivity contribution in [1.82, 2.24) is 0 Å². The van der Waals surface area contributed by atoms with Gasteiger partial charge in [0.1, 0.15) is 17.1 Å². The molecule has 0 saturated heterocycles. The molecular formula is C24H28O7. The lowest BCUT2D eigenvalue weighted by Gasteiger charge is -2.15. The van der Waals surface area contributed by atoms with Crippen LogP contribution in [0.1, 0.15) is 40.4 Å². The summed E-state index contributed by atoms with van der Waals surface area (Å²) in [5, 5.41) is 20.4. The molecule has 0 atom stereocenters. The normalized spacial score (nSPS) is 10.7. The van der Waals surface area contributed by atoms with Gasteiger partial charge in [0, 0.05) is 5.56 Å². The van der Waals surface area contributed by atoms with Crippen molar-refractivity contribution in [2.45, 2.75) is 19.8 Å². The maximum atomic E-state index is 11.9. The number of carbonyl (C=O) groups is 1. The summed E-state index contributed by atoms with van der Waals surface area (Å²) in [7, 11) is 6.02. The highest BCUT2D eigenvalue weighted by Crippen LogP contribution is 2.40. The molecule has 0 aliphatic carbocycles. The second-order valence-electron chi connectivity index (χ2n) is 6.92. The number of allylic oxidation sites excluding steroid dienone is 1. The van der Waals surface area contributed by atoms with Crippen LogP contribution in [0.25, 0.3) is 12.2 Å². The third-order valence-electron chi connectivity index (χ3n) is 4.77. The van der Waals surface area contributed by atoms with Crippen LogP contribution >= 0.6 is 0 Å². The molecule has 2 aromatic rings. The Morgan fingerprint density at radius 1 is 0.968 bits per heavy atom. The van der Waals surface area contributed by atoms with Crippen molar-refractivity contribution in [3.8, 4) is 28.7 Å². The largest absolute Gasteiger partial charge is 0.507 e. The molecule has 0 aliphatic heterocycles.